The van der Waals surface area contributed by atoms with Crippen molar-refractivity contribution in [2.45, 2.75) is 32.7 Å². The zero-order valence-electron chi connectivity index (χ0n) is 9.42. The molecule has 2 atom stereocenters. The van der Waals surface area contributed by atoms with Gasteiger partial charge in [-0.1, -0.05) is 25.6 Å². The largest absolute Gasteiger partial charge is 0.469 e. The number of carbonyl (C=O) groups is 1. The Bertz CT molecular complexity index is 257. The van der Waals surface area contributed by atoms with Gasteiger partial charge in [0, 0.05) is 0 Å². The average molecular weight is 214 g/mol. The van der Waals surface area contributed by atoms with Crippen LogP contribution in [-0.2, 0) is 9.53 Å². The van der Waals surface area contributed by atoms with Crippen LogP contribution in [-0.4, -0.2) is 32.4 Å². The number of aliphatic hydroxyl groups is 1. The summed E-state index contributed by atoms with van der Waals surface area (Å²) in [6.07, 6.45) is -0.922. The molecule has 0 saturated heterocycles. The Morgan fingerprint density at radius 2 is 1.93 bits per heavy atom. The summed E-state index contributed by atoms with van der Waals surface area (Å²) in [6, 6.07) is 0. The number of rotatable bonds is 2. The second kappa shape index (κ2) is 5.18. The van der Waals surface area contributed by atoms with Gasteiger partial charge >= 0.3 is 5.97 Å². The van der Waals surface area contributed by atoms with E-state index in [1.54, 1.807) is 6.92 Å². The molecule has 0 radical (unpaired) electrons. The summed E-state index contributed by atoms with van der Waals surface area (Å²) in [5, 5.41) is 9.53. The van der Waals surface area contributed by atoms with Gasteiger partial charge in [-0.3, -0.25) is 4.79 Å². The summed E-state index contributed by atoms with van der Waals surface area (Å²) in [4.78, 5) is 11.0. The second-order valence-corrected chi connectivity index (χ2v) is 9.03. The van der Waals surface area contributed by atoms with E-state index in [1.165, 1.54) is 7.11 Å². The molecule has 80 valence electrons. The summed E-state index contributed by atoms with van der Waals surface area (Å²) >= 11 is 0. The maximum atomic E-state index is 11.0. The van der Waals surface area contributed by atoms with E-state index in [-0.39, 0.29) is 0 Å². The third kappa shape index (κ3) is 5.05. The maximum absolute atomic E-state index is 11.0. The predicted octanol–water partition coefficient (Wildman–Crippen LogP) is 1.04. The van der Waals surface area contributed by atoms with Crippen LogP contribution in [0.5, 0.6) is 0 Å². The normalized spacial score (nSPS) is 15.0. The van der Waals surface area contributed by atoms with Gasteiger partial charge in [0.25, 0.3) is 0 Å². The first-order valence-electron chi connectivity index (χ1n) is 4.56. The molecule has 14 heavy (non-hydrogen) atoms. The van der Waals surface area contributed by atoms with Crippen molar-refractivity contribution < 1.29 is 14.6 Å². The number of hydrogen-bond donors (Lipinski definition) is 1. The van der Waals surface area contributed by atoms with Crippen LogP contribution in [0.15, 0.2) is 0 Å². The van der Waals surface area contributed by atoms with Crippen LogP contribution in [0.1, 0.15) is 6.92 Å². The van der Waals surface area contributed by atoms with Gasteiger partial charge in [0.15, 0.2) is 0 Å². The fourth-order valence-corrected chi connectivity index (χ4v) is 1.31. The zero-order valence-corrected chi connectivity index (χ0v) is 10.4. The van der Waals surface area contributed by atoms with Crippen LogP contribution in [0.3, 0.4) is 0 Å². The van der Waals surface area contributed by atoms with Gasteiger partial charge in [-0.15, -0.1) is 5.54 Å². The van der Waals surface area contributed by atoms with Crippen LogP contribution < -0.4 is 0 Å². The summed E-state index contributed by atoms with van der Waals surface area (Å²) < 4.78 is 4.51. The summed E-state index contributed by atoms with van der Waals surface area (Å²) in [6.45, 7) is 7.84. The Balaban J connectivity index is 4.39. The molecule has 0 aromatic carbocycles. The van der Waals surface area contributed by atoms with E-state index in [4.69, 9.17) is 0 Å². The van der Waals surface area contributed by atoms with E-state index < -0.39 is 26.1 Å². The summed E-state index contributed by atoms with van der Waals surface area (Å²) in [7, 11) is -0.181. The lowest BCUT2D eigenvalue weighted by Gasteiger charge is -2.12. The summed E-state index contributed by atoms with van der Waals surface area (Å²) in [5.74, 6) is 1.70. The van der Waals surface area contributed by atoms with E-state index in [0.29, 0.717) is 0 Å². The van der Waals surface area contributed by atoms with Crippen LogP contribution in [0.25, 0.3) is 0 Å². The number of aliphatic hydroxyl groups excluding tert-OH is 1. The number of esters is 1. The van der Waals surface area contributed by atoms with Crippen LogP contribution in [0.2, 0.25) is 19.6 Å². The van der Waals surface area contributed by atoms with Gasteiger partial charge < -0.3 is 9.84 Å². The van der Waals surface area contributed by atoms with Crippen LogP contribution in [0, 0.1) is 17.4 Å². The first kappa shape index (κ1) is 13.2. The predicted molar refractivity (Wildman–Crippen MR) is 58.3 cm³/mol. The average Bonchev–Trinajstić information content (AvgIpc) is 2.10. The Hall–Kier alpha value is -0.793. The fourth-order valence-electron chi connectivity index (χ4n) is 0.730. The molecule has 4 heteroatoms. The number of carbonyl (C=O) groups excluding carboxylic acids is 1. The van der Waals surface area contributed by atoms with Crippen molar-refractivity contribution in [3.8, 4) is 11.5 Å². The van der Waals surface area contributed by atoms with E-state index in [0.717, 1.165) is 0 Å². The fraction of sp³-hybridized carbons (Fsp3) is 0.700. The lowest BCUT2D eigenvalue weighted by molar-refractivity contribution is -0.147. The lowest BCUT2D eigenvalue weighted by Crippen LogP contribution is -2.26. The minimum Gasteiger partial charge on any atom is -0.469 e. The molecule has 0 aromatic rings. The standard InChI is InChI=1S/C10H18O3Si/c1-8(10(12)13-2)9(11)6-7-14(3,4)5/h8-9,11H,1-5H3/t8-,9+/m0/s1. The third-order valence-electron chi connectivity index (χ3n) is 1.64. The number of hydrogen-bond acceptors (Lipinski definition) is 3. The van der Waals surface area contributed by atoms with Crippen molar-refractivity contribution in [2.24, 2.45) is 5.92 Å². The molecule has 0 spiro atoms. The molecule has 3 nitrogen and oxygen atoms in total. The van der Waals surface area contributed by atoms with E-state index in [2.05, 4.69) is 35.8 Å². The molecular weight excluding hydrogens is 196 g/mol. The highest BCUT2D eigenvalue weighted by molar-refractivity contribution is 6.83. The monoisotopic (exact) mass is 214 g/mol. The lowest BCUT2D eigenvalue weighted by atomic mass is 10.1. The Labute approximate surface area is 86.5 Å². The molecule has 0 heterocycles. The van der Waals surface area contributed by atoms with Gasteiger partial charge in [0.05, 0.1) is 13.0 Å². The minimum atomic E-state index is -1.48. The minimum absolute atomic E-state index is 0.428. The van der Waals surface area contributed by atoms with Gasteiger partial charge in [0.1, 0.15) is 14.2 Å². The van der Waals surface area contributed by atoms with Crippen molar-refractivity contribution in [3.05, 3.63) is 0 Å². The molecule has 0 amide bonds. The highest BCUT2D eigenvalue weighted by Gasteiger charge is 2.21. The van der Waals surface area contributed by atoms with Gasteiger partial charge in [-0.25, -0.2) is 0 Å². The number of ether oxygens (including phenoxy) is 1. The van der Waals surface area contributed by atoms with Gasteiger partial charge in [-0.2, -0.15) is 0 Å². The quantitative estimate of drug-likeness (QED) is 0.424. The first-order chi connectivity index (χ1) is 6.28. The molecule has 0 aliphatic heterocycles. The van der Waals surface area contributed by atoms with Crippen molar-refractivity contribution >= 4 is 14.0 Å². The Kier molecular flexibility index (Phi) is 4.88. The molecule has 1 N–H and O–H groups in total. The molecule has 0 saturated carbocycles. The van der Waals surface area contributed by atoms with Gasteiger partial charge in [0.2, 0.25) is 0 Å². The van der Waals surface area contributed by atoms with Crippen LogP contribution in [0.4, 0.5) is 0 Å². The summed E-state index contributed by atoms with van der Waals surface area (Å²) in [5.41, 5.74) is 3.01. The van der Waals surface area contributed by atoms with Crippen molar-refractivity contribution in [3.63, 3.8) is 0 Å². The topological polar surface area (TPSA) is 46.5 Å². The van der Waals surface area contributed by atoms with Crippen LogP contribution >= 0.6 is 0 Å². The number of methoxy groups -OCH3 is 1. The van der Waals surface area contributed by atoms with E-state index >= 15 is 0 Å². The molecule has 0 unspecified atom stereocenters. The first-order valence-corrected chi connectivity index (χ1v) is 8.06. The second-order valence-electron chi connectivity index (χ2n) is 4.28. The molecule has 0 aliphatic carbocycles. The Morgan fingerprint density at radius 1 is 1.43 bits per heavy atom. The maximum Gasteiger partial charge on any atom is 0.312 e. The molecule has 0 fully saturated rings. The van der Waals surface area contributed by atoms with Crippen molar-refractivity contribution in [2.75, 3.05) is 7.11 Å². The van der Waals surface area contributed by atoms with E-state index in [9.17, 15) is 9.90 Å². The highest BCUT2D eigenvalue weighted by atomic mass is 28.3. The molecule has 0 bridgehead atoms. The molecule has 0 aliphatic rings. The smallest absolute Gasteiger partial charge is 0.312 e. The molecule has 0 aromatic heterocycles. The van der Waals surface area contributed by atoms with E-state index in [1.807, 2.05) is 0 Å². The molecular formula is C10H18O3Si. The zero-order chi connectivity index (χ0) is 11.4. The Morgan fingerprint density at radius 3 is 2.29 bits per heavy atom. The SMILES string of the molecule is COC(=O)[C@@H](C)[C@H](O)C#C[Si](C)(C)C. The highest BCUT2D eigenvalue weighted by Crippen LogP contribution is 2.05. The third-order valence-corrected chi connectivity index (χ3v) is 2.54. The van der Waals surface area contributed by atoms with Crippen molar-refractivity contribution in [1.82, 2.24) is 0 Å². The van der Waals surface area contributed by atoms with Gasteiger partial charge in [-0.05, 0) is 6.92 Å². The molecule has 0 rings (SSSR count). The van der Waals surface area contributed by atoms with Crippen molar-refractivity contribution in [1.29, 1.82) is 0 Å².